The van der Waals surface area contributed by atoms with Crippen LogP contribution in [0.4, 0.5) is 0 Å². The highest BCUT2D eigenvalue weighted by Gasteiger charge is 2.08. The summed E-state index contributed by atoms with van der Waals surface area (Å²) in [6, 6.07) is 18.0. The number of benzene rings is 2. The average Bonchev–Trinajstić information content (AvgIpc) is 2.86. The first-order valence-corrected chi connectivity index (χ1v) is 7.02. The van der Waals surface area contributed by atoms with Gasteiger partial charge in [0, 0.05) is 10.9 Å². The summed E-state index contributed by atoms with van der Waals surface area (Å²) in [6.07, 6.45) is 0. The van der Waals surface area contributed by atoms with Crippen molar-refractivity contribution in [3.63, 3.8) is 0 Å². The summed E-state index contributed by atoms with van der Waals surface area (Å²) in [5.74, 6) is 0.778. The van der Waals surface area contributed by atoms with Gasteiger partial charge in [-0.05, 0) is 11.6 Å². The molecular weight excluding hydrogens is 278 g/mol. The Kier molecular flexibility index (Phi) is 3.49. The van der Waals surface area contributed by atoms with Crippen molar-refractivity contribution in [2.45, 2.75) is 0 Å². The molecule has 2 aromatic carbocycles. The molecule has 0 atom stereocenters. The van der Waals surface area contributed by atoms with E-state index in [0.717, 1.165) is 16.9 Å². The molecule has 1 heterocycles. The topological polar surface area (TPSA) is 22.1 Å². The van der Waals surface area contributed by atoms with Gasteiger partial charge in [0.1, 0.15) is 10.9 Å². The van der Waals surface area contributed by atoms with Crippen molar-refractivity contribution in [1.29, 1.82) is 0 Å². The third kappa shape index (κ3) is 2.78. The Morgan fingerprint density at radius 3 is 2.42 bits per heavy atom. The van der Waals surface area contributed by atoms with Gasteiger partial charge in [-0.15, -0.1) is 0 Å². The normalized spacial score (nSPS) is 10.4. The standard InChI is InChI=1S/C15H10ClNOS/c16-14-10-19-15(17-14)18-13-9-5-4-8-12(13)11-6-2-1-3-7-11/h1-10H. The van der Waals surface area contributed by atoms with Gasteiger partial charge in [0.15, 0.2) is 0 Å². The molecule has 0 radical (unpaired) electrons. The first-order chi connectivity index (χ1) is 9.33. The second-order valence-corrected chi connectivity index (χ2v) is 5.11. The van der Waals surface area contributed by atoms with Crippen LogP contribution in [-0.4, -0.2) is 4.98 Å². The molecule has 0 saturated carbocycles. The van der Waals surface area contributed by atoms with Crippen LogP contribution in [-0.2, 0) is 0 Å². The van der Waals surface area contributed by atoms with Gasteiger partial charge in [-0.25, -0.2) is 0 Å². The Labute approximate surface area is 120 Å². The van der Waals surface area contributed by atoms with E-state index in [1.165, 1.54) is 11.3 Å². The van der Waals surface area contributed by atoms with Crippen LogP contribution in [0.3, 0.4) is 0 Å². The van der Waals surface area contributed by atoms with Gasteiger partial charge in [0.2, 0.25) is 0 Å². The fraction of sp³-hybridized carbons (Fsp3) is 0. The molecule has 3 rings (SSSR count). The van der Waals surface area contributed by atoms with Crippen LogP contribution in [0.15, 0.2) is 60.0 Å². The molecule has 0 N–H and O–H groups in total. The molecule has 94 valence electrons. The number of para-hydroxylation sites is 1. The second-order valence-electron chi connectivity index (χ2n) is 3.90. The van der Waals surface area contributed by atoms with Crippen LogP contribution in [0.5, 0.6) is 10.9 Å². The van der Waals surface area contributed by atoms with Crippen LogP contribution in [0.1, 0.15) is 0 Å². The third-order valence-electron chi connectivity index (χ3n) is 2.62. The molecule has 0 saturated heterocycles. The summed E-state index contributed by atoms with van der Waals surface area (Å²) in [7, 11) is 0. The van der Waals surface area contributed by atoms with Crippen molar-refractivity contribution in [1.82, 2.24) is 4.98 Å². The lowest BCUT2D eigenvalue weighted by atomic mass is 10.1. The molecule has 3 aromatic rings. The lowest BCUT2D eigenvalue weighted by Crippen LogP contribution is -1.87. The minimum absolute atomic E-state index is 0.456. The van der Waals surface area contributed by atoms with E-state index < -0.39 is 0 Å². The molecule has 0 aliphatic rings. The Balaban J connectivity index is 1.98. The van der Waals surface area contributed by atoms with E-state index in [0.29, 0.717) is 10.3 Å². The van der Waals surface area contributed by atoms with Gasteiger partial charge in [-0.1, -0.05) is 71.5 Å². The van der Waals surface area contributed by atoms with E-state index in [-0.39, 0.29) is 0 Å². The maximum atomic E-state index is 5.81. The van der Waals surface area contributed by atoms with Crippen molar-refractivity contribution < 1.29 is 4.74 Å². The number of halogens is 1. The van der Waals surface area contributed by atoms with Crippen LogP contribution in [0, 0.1) is 0 Å². The molecule has 0 spiro atoms. The first-order valence-electron chi connectivity index (χ1n) is 5.76. The number of thiazole rings is 1. The first kappa shape index (κ1) is 12.2. The lowest BCUT2D eigenvalue weighted by Gasteiger charge is -2.08. The predicted molar refractivity (Wildman–Crippen MR) is 79.1 cm³/mol. The highest BCUT2D eigenvalue weighted by molar-refractivity contribution is 7.11. The zero-order valence-corrected chi connectivity index (χ0v) is 11.5. The SMILES string of the molecule is Clc1csc(Oc2ccccc2-c2ccccc2)n1. The van der Waals surface area contributed by atoms with Gasteiger partial charge < -0.3 is 4.74 Å². The number of hydrogen-bond donors (Lipinski definition) is 0. The van der Waals surface area contributed by atoms with Crippen LogP contribution < -0.4 is 4.74 Å². The van der Waals surface area contributed by atoms with Gasteiger partial charge >= 0.3 is 0 Å². The Hall–Kier alpha value is -1.84. The summed E-state index contributed by atoms with van der Waals surface area (Å²) in [5.41, 5.74) is 2.15. The zero-order valence-electron chi connectivity index (χ0n) is 9.92. The molecule has 0 amide bonds. The van der Waals surface area contributed by atoms with E-state index in [9.17, 15) is 0 Å². The molecule has 19 heavy (non-hydrogen) atoms. The van der Waals surface area contributed by atoms with Gasteiger partial charge in [0.05, 0.1) is 0 Å². The Morgan fingerprint density at radius 2 is 1.68 bits per heavy atom. The molecule has 0 unspecified atom stereocenters. The van der Waals surface area contributed by atoms with Gasteiger partial charge in [-0.3, -0.25) is 0 Å². The number of rotatable bonds is 3. The highest BCUT2D eigenvalue weighted by atomic mass is 35.5. The van der Waals surface area contributed by atoms with Crippen LogP contribution in [0.25, 0.3) is 11.1 Å². The predicted octanol–water partition coefficient (Wildman–Crippen LogP) is 5.26. The largest absolute Gasteiger partial charge is 0.430 e. The van der Waals surface area contributed by atoms with Gasteiger partial charge in [0.25, 0.3) is 5.19 Å². The lowest BCUT2D eigenvalue weighted by molar-refractivity contribution is 0.480. The highest BCUT2D eigenvalue weighted by Crippen LogP contribution is 2.34. The Morgan fingerprint density at radius 1 is 0.947 bits per heavy atom. The van der Waals surface area contributed by atoms with E-state index in [1.54, 1.807) is 5.38 Å². The third-order valence-corrected chi connectivity index (χ3v) is 3.66. The van der Waals surface area contributed by atoms with E-state index in [1.807, 2.05) is 42.5 Å². The quantitative estimate of drug-likeness (QED) is 0.656. The number of aromatic nitrogens is 1. The number of hydrogen-bond acceptors (Lipinski definition) is 3. The molecule has 1 aromatic heterocycles. The monoisotopic (exact) mass is 287 g/mol. The summed E-state index contributed by atoms with van der Waals surface area (Å²) >= 11 is 7.19. The Bertz CT molecular complexity index is 681. The van der Waals surface area contributed by atoms with E-state index >= 15 is 0 Å². The molecule has 0 aliphatic carbocycles. The van der Waals surface area contributed by atoms with Crippen molar-refractivity contribution >= 4 is 22.9 Å². The van der Waals surface area contributed by atoms with Crippen molar-refractivity contribution in [3.8, 4) is 22.1 Å². The van der Waals surface area contributed by atoms with Crippen LogP contribution in [0.2, 0.25) is 5.15 Å². The van der Waals surface area contributed by atoms with Crippen molar-refractivity contribution in [2.24, 2.45) is 0 Å². The fourth-order valence-electron chi connectivity index (χ4n) is 1.79. The molecule has 0 aliphatic heterocycles. The second kappa shape index (κ2) is 5.43. The molecule has 2 nitrogen and oxygen atoms in total. The van der Waals surface area contributed by atoms with E-state index in [2.05, 4.69) is 17.1 Å². The number of ether oxygens (including phenoxy) is 1. The van der Waals surface area contributed by atoms with Gasteiger partial charge in [-0.2, -0.15) is 4.98 Å². The fourth-order valence-corrected chi connectivity index (χ4v) is 2.59. The zero-order chi connectivity index (χ0) is 13.1. The molecule has 0 fully saturated rings. The maximum Gasteiger partial charge on any atom is 0.280 e. The average molecular weight is 288 g/mol. The number of nitrogens with zero attached hydrogens (tertiary/aromatic N) is 1. The van der Waals surface area contributed by atoms with Crippen LogP contribution >= 0.6 is 22.9 Å². The minimum Gasteiger partial charge on any atom is -0.430 e. The summed E-state index contributed by atoms with van der Waals surface area (Å²) in [4.78, 5) is 4.10. The van der Waals surface area contributed by atoms with Crippen molar-refractivity contribution in [3.05, 3.63) is 65.1 Å². The smallest absolute Gasteiger partial charge is 0.280 e. The van der Waals surface area contributed by atoms with Crippen molar-refractivity contribution in [2.75, 3.05) is 0 Å². The molecule has 4 heteroatoms. The maximum absolute atomic E-state index is 5.81. The minimum atomic E-state index is 0.456. The molecular formula is C15H10ClNOS. The summed E-state index contributed by atoms with van der Waals surface area (Å²) < 4.78 is 5.81. The summed E-state index contributed by atoms with van der Waals surface area (Å²) in [6.45, 7) is 0. The van der Waals surface area contributed by atoms with E-state index in [4.69, 9.17) is 16.3 Å². The summed E-state index contributed by atoms with van der Waals surface area (Å²) in [5, 5.41) is 2.76. The molecule has 0 bridgehead atoms.